The van der Waals surface area contributed by atoms with Gasteiger partial charge in [-0.2, -0.15) is 5.10 Å². The van der Waals surface area contributed by atoms with Crippen molar-refractivity contribution in [2.24, 2.45) is 18.2 Å². The van der Waals surface area contributed by atoms with Crippen molar-refractivity contribution in [2.45, 2.75) is 32.1 Å². The third-order valence-corrected chi connectivity index (χ3v) is 3.65. The van der Waals surface area contributed by atoms with Crippen molar-refractivity contribution in [3.05, 3.63) is 12.4 Å². The van der Waals surface area contributed by atoms with Crippen molar-refractivity contribution in [3.8, 4) is 0 Å². The van der Waals surface area contributed by atoms with Crippen LogP contribution in [0.4, 0.5) is 5.69 Å². The molecule has 1 amide bonds. The van der Waals surface area contributed by atoms with Crippen LogP contribution in [0.25, 0.3) is 0 Å². The van der Waals surface area contributed by atoms with Gasteiger partial charge in [-0.3, -0.25) is 9.48 Å². The standard InChI is InChI=1S/C12H20N4O/c1-16-8-10(7-14-16)15-11(17)12(9-13)5-3-2-4-6-12/h7-8H,2-6,9,13H2,1H3,(H,15,17). The van der Waals surface area contributed by atoms with Gasteiger partial charge in [-0.25, -0.2) is 0 Å². The molecule has 5 nitrogen and oxygen atoms in total. The summed E-state index contributed by atoms with van der Waals surface area (Å²) in [5.41, 5.74) is 6.20. The zero-order valence-corrected chi connectivity index (χ0v) is 10.3. The van der Waals surface area contributed by atoms with Crippen molar-refractivity contribution < 1.29 is 4.79 Å². The molecule has 5 heteroatoms. The molecule has 0 saturated heterocycles. The summed E-state index contributed by atoms with van der Waals surface area (Å²) in [4.78, 5) is 12.3. The van der Waals surface area contributed by atoms with E-state index in [2.05, 4.69) is 10.4 Å². The molecule has 17 heavy (non-hydrogen) atoms. The maximum absolute atomic E-state index is 12.3. The Morgan fingerprint density at radius 3 is 2.76 bits per heavy atom. The molecule has 1 heterocycles. The minimum absolute atomic E-state index is 0.0488. The number of carbonyl (C=O) groups is 1. The number of carbonyl (C=O) groups excluding carboxylic acids is 1. The average molecular weight is 236 g/mol. The second kappa shape index (κ2) is 4.87. The van der Waals surface area contributed by atoms with Gasteiger partial charge in [-0.05, 0) is 12.8 Å². The number of hydrogen-bond acceptors (Lipinski definition) is 3. The summed E-state index contributed by atoms with van der Waals surface area (Å²) in [5, 5.41) is 6.96. The summed E-state index contributed by atoms with van der Waals surface area (Å²) < 4.78 is 1.67. The first kappa shape index (κ1) is 12.1. The molecule has 1 aromatic rings. The van der Waals surface area contributed by atoms with Crippen LogP contribution >= 0.6 is 0 Å². The van der Waals surface area contributed by atoms with Gasteiger partial charge >= 0.3 is 0 Å². The zero-order valence-electron chi connectivity index (χ0n) is 10.3. The lowest BCUT2D eigenvalue weighted by Gasteiger charge is -2.34. The highest BCUT2D eigenvalue weighted by molar-refractivity contribution is 5.95. The van der Waals surface area contributed by atoms with E-state index in [9.17, 15) is 4.79 Å². The minimum Gasteiger partial charge on any atom is -0.329 e. The molecule has 1 fully saturated rings. The van der Waals surface area contributed by atoms with E-state index in [-0.39, 0.29) is 11.3 Å². The summed E-state index contributed by atoms with van der Waals surface area (Å²) in [5.74, 6) is 0.0488. The number of nitrogens with zero attached hydrogens (tertiary/aromatic N) is 2. The fourth-order valence-electron chi connectivity index (χ4n) is 2.50. The van der Waals surface area contributed by atoms with Crippen LogP contribution in [-0.2, 0) is 11.8 Å². The lowest BCUT2D eigenvalue weighted by atomic mass is 9.73. The molecule has 1 aliphatic rings. The van der Waals surface area contributed by atoms with E-state index in [4.69, 9.17) is 5.73 Å². The number of amides is 1. The second-order valence-electron chi connectivity index (χ2n) is 4.90. The van der Waals surface area contributed by atoms with Gasteiger partial charge in [0.05, 0.1) is 17.3 Å². The van der Waals surface area contributed by atoms with Crippen LogP contribution in [0.15, 0.2) is 12.4 Å². The van der Waals surface area contributed by atoms with E-state index >= 15 is 0 Å². The Morgan fingerprint density at radius 1 is 1.53 bits per heavy atom. The van der Waals surface area contributed by atoms with E-state index in [0.29, 0.717) is 6.54 Å². The number of rotatable bonds is 3. The summed E-state index contributed by atoms with van der Waals surface area (Å²) in [6, 6.07) is 0. The number of anilines is 1. The molecule has 0 radical (unpaired) electrons. The highest BCUT2D eigenvalue weighted by Gasteiger charge is 2.38. The van der Waals surface area contributed by atoms with Crippen LogP contribution in [0, 0.1) is 5.41 Å². The van der Waals surface area contributed by atoms with Gasteiger partial charge in [0.15, 0.2) is 0 Å². The van der Waals surface area contributed by atoms with Crippen molar-refractivity contribution in [3.63, 3.8) is 0 Å². The number of aryl methyl sites for hydroxylation is 1. The molecule has 2 rings (SSSR count). The molecular weight excluding hydrogens is 216 g/mol. The van der Waals surface area contributed by atoms with Crippen molar-refractivity contribution in [1.82, 2.24) is 9.78 Å². The Morgan fingerprint density at radius 2 is 2.24 bits per heavy atom. The summed E-state index contributed by atoms with van der Waals surface area (Å²) in [6.45, 7) is 0.430. The molecule has 3 N–H and O–H groups in total. The molecule has 1 aromatic heterocycles. The van der Waals surface area contributed by atoms with E-state index in [1.807, 2.05) is 7.05 Å². The minimum atomic E-state index is -0.367. The zero-order chi connectivity index (χ0) is 12.3. The van der Waals surface area contributed by atoms with Gasteiger partial charge in [0.1, 0.15) is 0 Å². The van der Waals surface area contributed by atoms with E-state index in [0.717, 1.165) is 31.4 Å². The van der Waals surface area contributed by atoms with Crippen LogP contribution in [0.3, 0.4) is 0 Å². The van der Waals surface area contributed by atoms with E-state index < -0.39 is 0 Å². The highest BCUT2D eigenvalue weighted by Crippen LogP contribution is 2.36. The fraction of sp³-hybridized carbons (Fsp3) is 0.667. The van der Waals surface area contributed by atoms with Gasteiger partial charge in [0.25, 0.3) is 0 Å². The van der Waals surface area contributed by atoms with E-state index in [1.54, 1.807) is 17.1 Å². The number of aromatic nitrogens is 2. The Labute approximate surface area is 101 Å². The first-order chi connectivity index (χ1) is 8.16. The molecule has 1 aliphatic carbocycles. The number of hydrogen-bond donors (Lipinski definition) is 2. The van der Waals surface area contributed by atoms with Crippen LogP contribution in [0.2, 0.25) is 0 Å². The molecule has 94 valence electrons. The largest absolute Gasteiger partial charge is 0.329 e. The third-order valence-electron chi connectivity index (χ3n) is 3.65. The van der Waals surface area contributed by atoms with Crippen LogP contribution in [-0.4, -0.2) is 22.2 Å². The second-order valence-corrected chi connectivity index (χ2v) is 4.90. The molecule has 0 atom stereocenters. The molecule has 0 spiro atoms. The Kier molecular flexibility index (Phi) is 3.47. The van der Waals surface area contributed by atoms with Gasteiger partial charge in [0.2, 0.25) is 5.91 Å². The maximum atomic E-state index is 12.3. The van der Waals surface area contributed by atoms with Gasteiger partial charge in [-0.15, -0.1) is 0 Å². The molecule has 1 saturated carbocycles. The van der Waals surface area contributed by atoms with Crippen molar-refractivity contribution in [2.75, 3.05) is 11.9 Å². The molecule has 0 aliphatic heterocycles. The maximum Gasteiger partial charge on any atom is 0.231 e. The Balaban J connectivity index is 2.07. The third kappa shape index (κ3) is 2.49. The number of nitrogens with one attached hydrogen (secondary N) is 1. The molecule has 0 bridgehead atoms. The Hall–Kier alpha value is -1.36. The molecule has 0 aromatic carbocycles. The first-order valence-corrected chi connectivity index (χ1v) is 6.16. The number of nitrogens with two attached hydrogens (primary N) is 1. The predicted molar refractivity (Wildman–Crippen MR) is 66.4 cm³/mol. The van der Waals surface area contributed by atoms with Gasteiger partial charge in [-0.1, -0.05) is 19.3 Å². The predicted octanol–water partition coefficient (Wildman–Crippen LogP) is 1.27. The summed E-state index contributed by atoms with van der Waals surface area (Å²) in [7, 11) is 1.83. The molecule has 0 unspecified atom stereocenters. The highest BCUT2D eigenvalue weighted by atomic mass is 16.2. The van der Waals surface area contributed by atoms with Crippen LogP contribution in [0.5, 0.6) is 0 Å². The Bertz CT molecular complexity index is 393. The first-order valence-electron chi connectivity index (χ1n) is 6.16. The van der Waals surface area contributed by atoms with Crippen LogP contribution in [0.1, 0.15) is 32.1 Å². The lowest BCUT2D eigenvalue weighted by Crippen LogP contribution is -2.43. The van der Waals surface area contributed by atoms with Crippen LogP contribution < -0.4 is 11.1 Å². The van der Waals surface area contributed by atoms with Crippen molar-refractivity contribution in [1.29, 1.82) is 0 Å². The normalized spacial score (nSPS) is 18.9. The fourth-order valence-corrected chi connectivity index (χ4v) is 2.50. The van der Waals surface area contributed by atoms with E-state index in [1.165, 1.54) is 6.42 Å². The van der Waals surface area contributed by atoms with Crippen molar-refractivity contribution >= 4 is 11.6 Å². The quantitative estimate of drug-likeness (QED) is 0.830. The van der Waals surface area contributed by atoms with Gasteiger partial charge in [0, 0.05) is 19.8 Å². The smallest absolute Gasteiger partial charge is 0.231 e. The summed E-state index contributed by atoms with van der Waals surface area (Å²) in [6.07, 6.45) is 8.65. The molecular formula is C12H20N4O. The monoisotopic (exact) mass is 236 g/mol. The topological polar surface area (TPSA) is 72.9 Å². The summed E-state index contributed by atoms with van der Waals surface area (Å²) >= 11 is 0. The SMILES string of the molecule is Cn1cc(NC(=O)C2(CN)CCCCC2)cn1. The lowest BCUT2D eigenvalue weighted by molar-refractivity contribution is -0.126. The average Bonchev–Trinajstić information content (AvgIpc) is 2.75. The van der Waals surface area contributed by atoms with Gasteiger partial charge < -0.3 is 11.1 Å².